The summed E-state index contributed by atoms with van der Waals surface area (Å²) in [6, 6.07) is 5.18. The quantitative estimate of drug-likeness (QED) is 0.836. The summed E-state index contributed by atoms with van der Waals surface area (Å²) in [5.74, 6) is 0.571. The third-order valence-electron chi connectivity index (χ3n) is 4.26. The molecule has 3 heterocycles. The van der Waals surface area contributed by atoms with Crippen molar-refractivity contribution >= 4 is 15.9 Å². The molecule has 1 aliphatic heterocycles. The van der Waals surface area contributed by atoms with Crippen LogP contribution in [0.5, 0.6) is 0 Å². The van der Waals surface area contributed by atoms with Gasteiger partial charge >= 0.3 is 0 Å². The lowest BCUT2D eigenvalue weighted by atomic mass is 10.2. The summed E-state index contributed by atoms with van der Waals surface area (Å²) in [4.78, 5) is 14.2. The van der Waals surface area contributed by atoms with Crippen LogP contribution in [0.15, 0.2) is 28.9 Å². The Morgan fingerprint density at radius 1 is 1.32 bits per heavy atom. The third-order valence-corrected chi connectivity index (χ3v) is 6.22. The number of unbranched alkanes of at least 4 members (excludes halogenated alkanes) is 1. The van der Waals surface area contributed by atoms with Crippen LogP contribution < -0.4 is 0 Å². The molecule has 2 aromatic rings. The van der Waals surface area contributed by atoms with E-state index in [1.807, 2.05) is 6.92 Å². The monoisotopic (exact) mass is 366 g/mol. The topological polar surface area (TPSA) is 99.5 Å². The third kappa shape index (κ3) is 3.93. The van der Waals surface area contributed by atoms with Gasteiger partial charge in [-0.05, 0) is 18.6 Å². The minimum absolute atomic E-state index is 0.170. The Kier molecular flexibility index (Phi) is 5.24. The van der Waals surface area contributed by atoms with E-state index in [4.69, 9.17) is 4.42 Å². The molecule has 0 radical (unpaired) electrons. The highest BCUT2D eigenvalue weighted by atomic mass is 32.2. The lowest BCUT2D eigenvalue weighted by Gasteiger charge is -2.33. The lowest BCUT2D eigenvalue weighted by molar-refractivity contribution is 0.0692. The zero-order valence-electron chi connectivity index (χ0n) is 14.1. The highest BCUT2D eigenvalue weighted by Gasteiger charge is 2.29. The molecule has 136 valence electrons. The number of carbonyl (C=O) groups is 1. The Hall–Kier alpha value is -2.13. The molecule has 0 aromatic carbocycles. The molecule has 1 N–H and O–H groups in total. The molecule has 25 heavy (non-hydrogen) atoms. The molecule has 1 saturated heterocycles. The summed E-state index contributed by atoms with van der Waals surface area (Å²) >= 11 is 0. The maximum atomic E-state index is 12.6. The number of hydrogen-bond acceptors (Lipinski definition) is 5. The van der Waals surface area contributed by atoms with E-state index < -0.39 is 10.0 Å². The highest BCUT2D eigenvalue weighted by Crippen LogP contribution is 2.19. The fraction of sp³-hybridized carbons (Fsp3) is 0.500. The van der Waals surface area contributed by atoms with E-state index >= 15 is 0 Å². The molecule has 8 nitrogen and oxygen atoms in total. The Balaban J connectivity index is 1.60. The predicted molar refractivity (Wildman–Crippen MR) is 92.5 cm³/mol. The van der Waals surface area contributed by atoms with Crippen LogP contribution in [0.4, 0.5) is 0 Å². The van der Waals surface area contributed by atoms with Crippen molar-refractivity contribution in [1.29, 1.82) is 0 Å². The van der Waals surface area contributed by atoms with Gasteiger partial charge in [-0.3, -0.25) is 9.89 Å². The van der Waals surface area contributed by atoms with Gasteiger partial charge in [0.1, 0.15) is 5.69 Å². The lowest BCUT2D eigenvalue weighted by Crippen LogP contribution is -2.51. The molecule has 0 bridgehead atoms. The number of piperazine rings is 1. The van der Waals surface area contributed by atoms with Gasteiger partial charge in [0.25, 0.3) is 5.91 Å². The highest BCUT2D eigenvalue weighted by molar-refractivity contribution is 7.89. The van der Waals surface area contributed by atoms with Crippen molar-refractivity contribution in [3.8, 4) is 11.5 Å². The number of aromatic nitrogens is 2. The largest absolute Gasteiger partial charge is 0.463 e. The van der Waals surface area contributed by atoms with Crippen molar-refractivity contribution in [2.75, 3.05) is 31.9 Å². The molecule has 0 spiro atoms. The Morgan fingerprint density at radius 2 is 2.08 bits per heavy atom. The van der Waals surface area contributed by atoms with Gasteiger partial charge in [0, 0.05) is 32.2 Å². The number of hydrogen-bond donors (Lipinski definition) is 1. The van der Waals surface area contributed by atoms with Crippen LogP contribution in [-0.2, 0) is 10.0 Å². The zero-order chi connectivity index (χ0) is 17.9. The summed E-state index contributed by atoms with van der Waals surface area (Å²) in [5.41, 5.74) is 0.933. The number of amides is 1. The van der Waals surface area contributed by atoms with E-state index in [9.17, 15) is 13.2 Å². The van der Waals surface area contributed by atoms with Crippen LogP contribution in [0.3, 0.4) is 0 Å². The Bertz CT molecular complexity index is 805. The normalized spacial score (nSPS) is 16.3. The van der Waals surface area contributed by atoms with Crippen molar-refractivity contribution in [2.24, 2.45) is 0 Å². The first-order valence-electron chi connectivity index (χ1n) is 8.37. The number of nitrogens with zero attached hydrogens (tertiary/aromatic N) is 3. The van der Waals surface area contributed by atoms with Crippen LogP contribution in [0.1, 0.15) is 30.3 Å². The number of aromatic amines is 1. The fourth-order valence-electron chi connectivity index (χ4n) is 2.78. The molecular weight excluding hydrogens is 344 g/mol. The molecule has 9 heteroatoms. The van der Waals surface area contributed by atoms with E-state index in [1.54, 1.807) is 29.4 Å². The van der Waals surface area contributed by atoms with Crippen LogP contribution in [-0.4, -0.2) is 65.7 Å². The van der Waals surface area contributed by atoms with Crippen molar-refractivity contribution in [1.82, 2.24) is 19.4 Å². The Morgan fingerprint density at radius 3 is 2.72 bits per heavy atom. The first-order chi connectivity index (χ1) is 12.0. The average Bonchev–Trinajstić information content (AvgIpc) is 3.30. The van der Waals surface area contributed by atoms with Crippen LogP contribution >= 0.6 is 0 Å². The molecule has 0 unspecified atom stereocenters. The Labute approximate surface area is 146 Å². The van der Waals surface area contributed by atoms with Crippen LogP contribution in [0, 0.1) is 0 Å². The maximum absolute atomic E-state index is 12.6. The van der Waals surface area contributed by atoms with Gasteiger partial charge < -0.3 is 9.32 Å². The number of rotatable bonds is 6. The minimum Gasteiger partial charge on any atom is -0.463 e. The second kappa shape index (κ2) is 7.40. The zero-order valence-corrected chi connectivity index (χ0v) is 15.0. The second-order valence-electron chi connectivity index (χ2n) is 6.00. The molecule has 1 amide bonds. The van der Waals surface area contributed by atoms with Gasteiger partial charge in [-0.2, -0.15) is 9.40 Å². The summed E-state index contributed by atoms with van der Waals surface area (Å²) in [5, 5.41) is 6.83. The van der Waals surface area contributed by atoms with Gasteiger partial charge in [-0.25, -0.2) is 8.42 Å². The summed E-state index contributed by atoms with van der Waals surface area (Å²) in [7, 11) is -3.22. The number of nitrogens with one attached hydrogen (secondary N) is 1. The van der Waals surface area contributed by atoms with Crippen molar-refractivity contribution < 1.29 is 17.6 Å². The minimum atomic E-state index is -3.22. The van der Waals surface area contributed by atoms with E-state index in [1.165, 1.54) is 4.31 Å². The summed E-state index contributed by atoms with van der Waals surface area (Å²) in [6.07, 6.45) is 3.05. The predicted octanol–water partition coefficient (Wildman–Crippen LogP) is 1.56. The number of carbonyl (C=O) groups excluding carboxylic acids is 1. The molecule has 0 atom stereocenters. The van der Waals surface area contributed by atoms with E-state index in [0.29, 0.717) is 49.7 Å². The molecule has 1 fully saturated rings. The molecule has 0 aliphatic carbocycles. The molecule has 0 saturated carbocycles. The standard InChI is InChI=1S/C16H22N4O4S/c1-2-3-11-25(22,23)20-8-6-19(7-9-20)16(21)14-12-13(17-18-14)15-5-4-10-24-15/h4-5,10,12H,2-3,6-9,11H2,1H3,(H,17,18). The van der Waals surface area contributed by atoms with Gasteiger partial charge in [0.2, 0.25) is 10.0 Å². The van der Waals surface area contributed by atoms with Crippen molar-refractivity contribution in [2.45, 2.75) is 19.8 Å². The van der Waals surface area contributed by atoms with Crippen LogP contribution in [0.2, 0.25) is 0 Å². The van der Waals surface area contributed by atoms with Gasteiger partial charge in [-0.15, -0.1) is 0 Å². The van der Waals surface area contributed by atoms with Gasteiger partial charge in [0.05, 0.1) is 12.0 Å². The first-order valence-corrected chi connectivity index (χ1v) is 9.98. The van der Waals surface area contributed by atoms with Gasteiger partial charge in [-0.1, -0.05) is 13.3 Å². The fourth-order valence-corrected chi connectivity index (χ4v) is 4.41. The van der Waals surface area contributed by atoms with E-state index in [-0.39, 0.29) is 11.7 Å². The maximum Gasteiger partial charge on any atom is 0.274 e. The summed E-state index contributed by atoms with van der Waals surface area (Å²) in [6.45, 7) is 3.35. The average molecular weight is 366 g/mol. The smallest absolute Gasteiger partial charge is 0.274 e. The van der Waals surface area contributed by atoms with Crippen molar-refractivity contribution in [3.63, 3.8) is 0 Å². The molecule has 2 aromatic heterocycles. The SMILES string of the molecule is CCCCS(=O)(=O)N1CCN(C(=O)c2cc(-c3ccco3)[nH]n2)CC1. The van der Waals surface area contributed by atoms with Crippen molar-refractivity contribution in [3.05, 3.63) is 30.2 Å². The van der Waals surface area contributed by atoms with Crippen LogP contribution in [0.25, 0.3) is 11.5 Å². The number of sulfonamides is 1. The molecule has 3 rings (SSSR count). The first kappa shape index (κ1) is 17.7. The number of H-pyrrole nitrogens is 1. The second-order valence-corrected chi connectivity index (χ2v) is 8.09. The number of furan rings is 1. The van der Waals surface area contributed by atoms with E-state index in [0.717, 1.165) is 6.42 Å². The van der Waals surface area contributed by atoms with E-state index in [2.05, 4.69) is 10.2 Å². The molecular formula is C16H22N4O4S. The molecule has 1 aliphatic rings. The summed E-state index contributed by atoms with van der Waals surface area (Å²) < 4.78 is 31.2. The van der Waals surface area contributed by atoms with Gasteiger partial charge in [0.15, 0.2) is 11.5 Å².